The maximum atomic E-state index is 6.02. The van der Waals surface area contributed by atoms with Crippen LogP contribution in [0.2, 0.25) is 0 Å². The summed E-state index contributed by atoms with van der Waals surface area (Å²) in [5.74, 6) is 0.733. The molecule has 15 heavy (non-hydrogen) atoms. The molecule has 0 radical (unpaired) electrons. The van der Waals surface area contributed by atoms with Crippen molar-refractivity contribution in [3.63, 3.8) is 0 Å². The molecule has 1 heterocycles. The van der Waals surface area contributed by atoms with Crippen LogP contribution in [0, 0.1) is 0 Å². The molecule has 0 bridgehead atoms. The van der Waals surface area contributed by atoms with Crippen LogP contribution in [0.3, 0.4) is 0 Å². The van der Waals surface area contributed by atoms with E-state index >= 15 is 0 Å². The number of fused-ring (bicyclic) bond motifs is 1. The van der Waals surface area contributed by atoms with Gasteiger partial charge in [0.15, 0.2) is 0 Å². The normalized spacial score (nSPS) is 16.1. The molecule has 1 aromatic carbocycles. The first-order chi connectivity index (χ1) is 7.20. The van der Waals surface area contributed by atoms with Crippen molar-refractivity contribution in [1.82, 2.24) is 4.57 Å². The number of nitrogen functional groups attached to an aromatic ring is 1. The number of halogens is 1. The molecule has 0 spiro atoms. The lowest BCUT2D eigenvalue weighted by molar-refractivity contribution is 0.852. The number of rotatable bonds is 1. The second kappa shape index (κ2) is 3.01. The third-order valence-electron chi connectivity index (χ3n) is 3.21. The minimum Gasteiger partial charge on any atom is -0.398 e. The van der Waals surface area contributed by atoms with Gasteiger partial charge in [-0.05, 0) is 40.9 Å². The smallest absolute Gasteiger partial charge is 0.0512 e. The molecule has 2 nitrogen and oxygen atoms in total. The first kappa shape index (κ1) is 9.28. The van der Waals surface area contributed by atoms with Crippen LogP contribution in [0.15, 0.2) is 22.7 Å². The molecular weight excluding hydrogens is 252 g/mol. The van der Waals surface area contributed by atoms with Gasteiger partial charge in [0.1, 0.15) is 0 Å². The Morgan fingerprint density at radius 3 is 2.73 bits per heavy atom. The van der Waals surface area contributed by atoms with Gasteiger partial charge < -0.3 is 10.3 Å². The molecule has 1 saturated carbocycles. The van der Waals surface area contributed by atoms with Crippen LogP contribution in [0.5, 0.6) is 0 Å². The molecule has 1 aliphatic carbocycles. The lowest BCUT2D eigenvalue weighted by atomic mass is 10.2. The summed E-state index contributed by atoms with van der Waals surface area (Å²) >= 11 is 3.69. The Morgan fingerprint density at radius 2 is 2.13 bits per heavy atom. The van der Waals surface area contributed by atoms with Crippen molar-refractivity contribution in [2.75, 3.05) is 5.73 Å². The van der Waals surface area contributed by atoms with Crippen molar-refractivity contribution in [2.45, 2.75) is 18.8 Å². The number of hydrogen-bond acceptors (Lipinski definition) is 1. The highest BCUT2D eigenvalue weighted by molar-refractivity contribution is 9.10. The molecule has 0 saturated heterocycles. The van der Waals surface area contributed by atoms with Gasteiger partial charge in [-0.1, -0.05) is 6.07 Å². The van der Waals surface area contributed by atoms with Crippen molar-refractivity contribution < 1.29 is 0 Å². The predicted molar refractivity (Wildman–Crippen MR) is 67.0 cm³/mol. The monoisotopic (exact) mass is 264 g/mol. The van der Waals surface area contributed by atoms with Gasteiger partial charge in [-0.2, -0.15) is 0 Å². The van der Waals surface area contributed by atoms with E-state index in [9.17, 15) is 0 Å². The van der Waals surface area contributed by atoms with Crippen LogP contribution in [0.1, 0.15) is 24.5 Å². The third-order valence-corrected chi connectivity index (χ3v) is 4.01. The van der Waals surface area contributed by atoms with Gasteiger partial charge in [-0.15, -0.1) is 0 Å². The van der Waals surface area contributed by atoms with Crippen molar-refractivity contribution in [3.05, 3.63) is 28.4 Å². The van der Waals surface area contributed by atoms with Crippen molar-refractivity contribution in [3.8, 4) is 0 Å². The van der Waals surface area contributed by atoms with Gasteiger partial charge in [-0.25, -0.2) is 0 Å². The van der Waals surface area contributed by atoms with E-state index in [-0.39, 0.29) is 0 Å². The van der Waals surface area contributed by atoms with Crippen LogP contribution in [0.4, 0.5) is 5.69 Å². The van der Waals surface area contributed by atoms with E-state index in [1.807, 2.05) is 12.1 Å². The molecule has 78 valence electrons. The molecule has 3 rings (SSSR count). The predicted octanol–water partition coefficient (Wildman–Crippen LogP) is 3.40. The molecule has 1 aromatic heterocycles. The molecule has 3 heteroatoms. The second-order valence-corrected chi connectivity index (χ2v) is 5.07. The number of aryl methyl sites for hydroxylation is 1. The number of aromatic nitrogens is 1. The van der Waals surface area contributed by atoms with Crippen molar-refractivity contribution in [1.29, 1.82) is 0 Å². The van der Waals surface area contributed by atoms with Gasteiger partial charge in [0.05, 0.1) is 5.52 Å². The maximum absolute atomic E-state index is 6.02. The third kappa shape index (κ3) is 1.22. The van der Waals surface area contributed by atoms with E-state index in [4.69, 9.17) is 5.73 Å². The zero-order chi connectivity index (χ0) is 10.6. The molecule has 1 fully saturated rings. The highest BCUT2D eigenvalue weighted by atomic mass is 79.9. The molecule has 0 aliphatic heterocycles. The fraction of sp³-hybridized carbons (Fsp3) is 0.333. The fourth-order valence-electron chi connectivity index (χ4n) is 2.29. The van der Waals surface area contributed by atoms with Crippen LogP contribution in [0.25, 0.3) is 10.9 Å². The van der Waals surface area contributed by atoms with E-state index in [0.29, 0.717) is 0 Å². The summed E-state index contributed by atoms with van der Waals surface area (Å²) < 4.78 is 3.47. The van der Waals surface area contributed by atoms with Crippen LogP contribution in [-0.4, -0.2) is 4.57 Å². The summed E-state index contributed by atoms with van der Waals surface area (Å²) in [6.07, 6.45) is 2.62. The van der Waals surface area contributed by atoms with Crippen LogP contribution < -0.4 is 5.73 Å². The van der Waals surface area contributed by atoms with Crippen molar-refractivity contribution >= 4 is 32.5 Å². The zero-order valence-corrected chi connectivity index (χ0v) is 10.2. The Morgan fingerprint density at radius 1 is 1.40 bits per heavy atom. The Labute approximate surface area is 97.2 Å². The number of nitrogens with two attached hydrogens (primary N) is 1. The summed E-state index contributed by atoms with van der Waals surface area (Å²) in [4.78, 5) is 0. The SMILES string of the molecule is Cn1c(C2CC2)c(Br)c2c(N)cccc21. The summed E-state index contributed by atoms with van der Waals surface area (Å²) in [5, 5.41) is 1.17. The first-order valence-corrected chi connectivity index (χ1v) is 6.01. The molecule has 0 atom stereocenters. The van der Waals surface area contributed by atoms with E-state index in [1.165, 1.54) is 33.9 Å². The molecule has 1 aliphatic rings. The summed E-state index contributed by atoms with van der Waals surface area (Å²) in [5.41, 5.74) is 9.51. The highest BCUT2D eigenvalue weighted by Gasteiger charge is 2.30. The Hall–Kier alpha value is -0.960. The topological polar surface area (TPSA) is 30.9 Å². The zero-order valence-electron chi connectivity index (χ0n) is 8.63. The molecule has 2 aromatic rings. The maximum Gasteiger partial charge on any atom is 0.0512 e. The Balaban J connectivity index is 2.42. The van der Waals surface area contributed by atoms with Gasteiger partial charge >= 0.3 is 0 Å². The number of nitrogens with zero attached hydrogens (tertiary/aromatic N) is 1. The van der Waals surface area contributed by atoms with Gasteiger partial charge in [-0.3, -0.25) is 0 Å². The standard InChI is InChI=1S/C12H13BrN2/c1-15-9-4-2-3-8(14)10(9)11(13)12(15)7-5-6-7/h2-4,7H,5-6,14H2,1H3. The average molecular weight is 265 g/mol. The van der Waals surface area contributed by atoms with Gasteiger partial charge in [0, 0.05) is 34.2 Å². The molecule has 0 unspecified atom stereocenters. The molecule has 0 amide bonds. The Kier molecular flexibility index (Phi) is 1.87. The second-order valence-electron chi connectivity index (χ2n) is 4.27. The molecular formula is C12H13BrN2. The largest absolute Gasteiger partial charge is 0.398 e. The minimum absolute atomic E-state index is 0.733. The minimum atomic E-state index is 0.733. The number of anilines is 1. The van der Waals surface area contributed by atoms with Gasteiger partial charge in [0.25, 0.3) is 0 Å². The highest BCUT2D eigenvalue weighted by Crippen LogP contribution is 2.47. The summed E-state index contributed by atoms with van der Waals surface area (Å²) in [6, 6.07) is 6.10. The van der Waals surface area contributed by atoms with E-state index in [0.717, 1.165) is 11.6 Å². The van der Waals surface area contributed by atoms with E-state index in [1.54, 1.807) is 0 Å². The average Bonchev–Trinajstić information content (AvgIpc) is 2.98. The summed E-state index contributed by atoms with van der Waals surface area (Å²) in [7, 11) is 2.13. The lowest BCUT2D eigenvalue weighted by Crippen LogP contribution is -1.93. The lowest BCUT2D eigenvalue weighted by Gasteiger charge is -2.01. The number of hydrogen-bond donors (Lipinski definition) is 1. The van der Waals surface area contributed by atoms with Crippen molar-refractivity contribution in [2.24, 2.45) is 7.05 Å². The fourth-order valence-corrected chi connectivity index (χ4v) is 3.31. The van der Waals surface area contributed by atoms with Gasteiger partial charge in [0.2, 0.25) is 0 Å². The Bertz CT molecular complexity index is 538. The quantitative estimate of drug-likeness (QED) is 0.787. The molecule has 2 N–H and O–H groups in total. The van der Waals surface area contributed by atoms with E-state index in [2.05, 4.69) is 33.6 Å². The van der Waals surface area contributed by atoms with E-state index < -0.39 is 0 Å². The summed E-state index contributed by atoms with van der Waals surface area (Å²) in [6.45, 7) is 0. The first-order valence-electron chi connectivity index (χ1n) is 5.22. The number of benzene rings is 1. The van der Waals surface area contributed by atoms with Crippen LogP contribution in [-0.2, 0) is 7.05 Å². The van der Waals surface area contributed by atoms with Crippen LogP contribution >= 0.6 is 15.9 Å².